The van der Waals surface area contributed by atoms with E-state index in [2.05, 4.69) is 11.0 Å². The highest BCUT2D eigenvalue weighted by Gasteiger charge is 2.38. The second kappa shape index (κ2) is 13.6. The zero-order valence-corrected chi connectivity index (χ0v) is 25.7. The van der Waals surface area contributed by atoms with Crippen molar-refractivity contribution in [2.75, 3.05) is 19.5 Å². The Morgan fingerprint density at radius 2 is 1.84 bits per heavy atom. The second-order valence-corrected chi connectivity index (χ2v) is 13.9. The number of ether oxygens (including phenoxy) is 3. The van der Waals surface area contributed by atoms with E-state index in [1.54, 1.807) is 18.2 Å². The molecule has 0 spiro atoms. The van der Waals surface area contributed by atoms with Crippen LogP contribution in [0, 0.1) is 5.92 Å². The lowest BCUT2D eigenvalue weighted by molar-refractivity contribution is -0.133. The van der Waals surface area contributed by atoms with Gasteiger partial charge >= 0.3 is 0 Å². The maximum absolute atomic E-state index is 12.9. The molecule has 1 atom stereocenters. The van der Waals surface area contributed by atoms with E-state index in [1.165, 1.54) is 24.3 Å². The summed E-state index contributed by atoms with van der Waals surface area (Å²) < 4.78 is 67.1. The number of carbonyl (C=O) groups excluding carboxylic acids is 3. The topological polar surface area (TPSA) is 160 Å². The SMILES string of the molecule is C=CCOC1=NS(=O)(=O)c2ccccc21.CS(=O)(=O)c1ccc(C(=O)C2C(=O)CCCC2=O)c(Cl)c1COC1CCCO1. The Kier molecular flexibility index (Phi) is 10.3. The van der Waals surface area contributed by atoms with Crippen molar-refractivity contribution < 1.29 is 45.4 Å². The largest absolute Gasteiger partial charge is 0.472 e. The first-order valence-electron chi connectivity index (χ1n) is 13.4. The lowest BCUT2D eigenvalue weighted by Gasteiger charge is -2.20. The molecule has 1 aliphatic carbocycles. The lowest BCUT2D eigenvalue weighted by atomic mass is 9.81. The summed E-state index contributed by atoms with van der Waals surface area (Å²) in [6.45, 7) is 4.11. The van der Waals surface area contributed by atoms with Gasteiger partial charge in [-0.2, -0.15) is 8.42 Å². The van der Waals surface area contributed by atoms with Crippen molar-refractivity contribution in [2.45, 2.75) is 54.8 Å². The number of benzene rings is 2. The van der Waals surface area contributed by atoms with Gasteiger partial charge in [-0.25, -0.2) is 8.42 Å². The molecule has 0 radical (unpaired) electrons. The van der Waals surface area contributed by atoms with Crippen LogP contribution in [0.2, 0.25) is 5.02 Å². The fraction of sp³-hybridized carbons (Fsp3) is 0.379. The molecule has 230 valence electrons. The molecule has 3 aliphatic rings. The van der Waals surface area contributed by atoms with Crippen molar-refractivity contribution in [1.82, 2.24) is 0 Å². The highest BCUT2D eigenvalue weighted by atomic mass is 35.5. The third kappa shape index (κ3) is 7.47. The molecule has 0 amide bonds. The summed E-state index contributed by atoms with van der Waals surface area (Å²) in [6, 6.07) is 9.10. The number of halogens is 1. The van der Waals surface area contributed by atoms with Gasteiger partial charge < -0.3 is 14.2 Å². The third-order valence-corrected chi connectivity index (χ3v) is 9.79. The number of fused-ring (bicyclic) bond motifs is 1. The number of rotatable bonds is 8. The van der Waals surface area contributed by atoms with Crippen molar-refractivity contribution in [3.8, 4) is 0 Å². The normalized spacial score (nSPS) is 19.7. The predicted molar refractivity (Wildman–Crippen MR) is 156 cm³/mol. The minimum atomic E-state index is -3.64. The molecule has 43 heavy (non-hydrogen) atoms. The van der Waals surface area contributed by atoms with Crippen LogP contribution in [0.3, 0.4) is 0 Å². The average molecular weight is 652 g/mol. The van der Waals surface area contributed by atoms with Gasteiger partial charge in [0.15, 0.2) is 33.5 Å². The fourth-order valence-electron chi connectivity index (χ4n) is 4.80. The van der Waals surface area contributed by atoms with E-state index in [-0.39, 0.29) is 57.9 Å². The minimum Gasteiger partial charge on any atom is -0.472 e. The molecule has 1 saturated carbocycles. The van der Waals surface area contributed by atoms with Gasteiger partial charge in [0.05, 0.1) is 22.1 Å². The van der Waals surface area contributed by atoms with Crippen molar-refractivity contribution in [3.05, 3.63) is 70.8 Å². The van der Waals surface area contributed by atoms with Gasteiger partial charge in [0, 0.05) is 43.3 Å². The summed E-state index contributed by atoms with van der Waals surface area (Å²) in [7, 11) is -7.20. The molecule has 5 rings (SSSR count). The van der Waals surface area contributed by atoms with Crippen LogP contribution in [-0.4, -0.2) is 65.8 Å². The second-order valence-electron chi connectivity index (χ2n) is 9.98. The van der Waals surface area contributed by atoms with Crippen LogP contribution in [0.1, 0.15) is 53.6 Å². The van der Waals surface area contributed by atoms with Crippen LogP contribution in [0.15, 0.2) is 63.2 Å². The zero-order chi connectivity index (χ0) is 31.4. The Bertz CT molecular complexity index is 1680. The van der Waals surface area contributed by atoms with E-state index < -0.39 is 49.4 Å². The van der Waals surface area contributed by atoms with Crippen molar-refractivity contribution in [2.24, 2.45) is 10.3 Å². The van der Waals surface area contributed by atoms with Crippen LogP contribution in [0.5, 0.6) is 0 Å². The summed E-state index contributed by atoms with van der Waals surface area (Å²) in [5, 5.41) is -0.114. The van der Waals surface area contributed by atoms with Crippen LogP contribution >= 0.6 is 11.6 Å². The van der Waals surface area contributed by atoms with Crippen LogP contribution in [0.25, 0.3) is 0 Å². The first-order valence-corrected chi connectivity index (χ1v) is 17.1. The summed E-state index contributed by atoms with van der Waals surface area (Å²) in [5.41, 5.74) is 0.592. The van der Waals surface area contributed by atoms with Gasteiger partial charge in [0.2, 0.25) is 5.90 Å². The molecule has 2 fully saturated rings. The zero-order valence-electron chi connectivity index (χ0n) is 23.3. The Hall–Kier alpha value is -3.23. The van der Waals surface area contributed by atoms with E-state index in [0.29, 0.717) is 25.0 Å². The van der Waals surface area contributed by atoms with Gasteiger partial charge in [0.1, 0.15) is 17.4 Å². The number of sulfonamides is 1. The molecule has 1 unspecified atom stereocenters. The van der Waals surface area contributed by atoms with Gasteiger partial charge in [-0.05, 0) is 37.1 Å². The molecular weight excluding hydrogens is 622 g/mol. The summed E-state index contributed by atoms with van der Waals surface area (Å²) in [4.78, 5) is 37.2. The quantitative estimate of drug-likeness (QED) is 0.233. The standard InChI is InChI=1S/C19H21ClO7S.C10H9NO3S/c1-28(24,25)15-8-7-11(19(23)17-13(21)4-2-5-14(17)22)18(20)12(15)10-27-16-6-3-9-26-16;1-2-7-14-10-8-5-3-4-6-9(8)15(12,13)11-10/h7-8,16-17H,2-6,9-10H2,1H3;2-6H,1,7H2. The first-order chi connectivity index (χ1) is 20.3. The molecule has 0 bridgehead atoms. The Morgan fingerprint density at radius 1 is 1.14 bits per heavy atom. The molecule has 2 aromatic rings. The van der Waals surface area contributed by atoms with E-state index in [4.69, 9.17) is 25.8 Å². The lowest BCUT2D eigenvalue weighted by Crippen LogP contribution is -2.35. The average Bonchev–Trinajstić information content (AvgIpc) is 3.56. The molecule has 2 heterocycles. The molecule has 0 aromatic heterocycles. The number of sulfone groups is 1. The minimum absolute atomic E-state index is 0.0476. The monoisotopic (exact) mass is 651 g/mol. The number of hydrogen-bond acceptors (Lipinski definition) is 10. The van der Waals surface area contributed by atoms with Gasteiger partial charge in [-0.3, -0.25) is 14.4 Å². The number of hydrogen-bond donors (Lipinski definition) is 0. The van der Waals surface area contributed by atoms with E-state index in [0.717, 1.165) is 12.7 Å². The predicted octanol–water partition coefficient (Wildman–Crippen LogP) is 3.86. The molecule has 14 heteroatoms. The molecule has 1 saturated heterocycles. The Balaban J connectivity index is 0.000000237. The van der Waals surface area contributed by atoms with Gasteiger partial charge in [-0.15, -0.1) is 4.40 Å². The van der Waals surface area contributed by atoms with Gasteiger partial charge in [0.25, 0.3) is 10.0 Å². The Morgan fingerprint density at radius 3 is 2.47 bits per heavy atom. The molecule has 11 nitrogen and oxygen atoms in total. The summed E-state index contributed by atoms with van der Waals surface area (Å²) in [5.74, 6) is -2.78. The fourth-order valence-corrected chi connectivity index (χ4v) is 7.25. The number of nitrogens with zero attached hydrogens (tertiary/aromatic N) is 1. The van der Waals surface area contributed by atoms with Crippen molar-refractivity contribution in [3.63, 3.8) is 0 Å². The molecule has 0 N–H and O–H groups in total. The highest BCUT2D eigenvalue weighted by Crippen LogP contribution is 2.33. The number of Topliss-reactive ketones (excluding diaryl/α,β-unsaturated/α-hetero) is 3. The smallest absolute Gasteiger partial charge is 0.286 e. The highest BCUT2D eigenvalue weighted by molar-refractivity contribution is 7.91. The summed E-state index contributed by atoms with van der Waals surface area (Å²) in [6.07, 6.45) is 4.37. The van der Waals surface area contributed by atoms with E-state index in [1.807, 2.05) is 0 Å². The third-order valence-electron chi connectivity index (χ3n) is 6.86. The van der Waals surface area contributed by atoms with Crippen LogP contribution < -0.4 is 0 Å². The van der Waals surface area contributed by atoms with Crippen LogP contribution in [-0.2, 0) is 50.3 Å². The maximum atomic E-state index is 12.9. The molecule has 2 aliphatic heterocycles. The number of carbonyl (C=O) groups is 3. The van der Waals surface area contributed by atoms with Crippen molar-refractivity contribution in [1.29, 1.82) is 0 Å². The van der Waals surface area contributed by atoms with E-state index in [9.17, 15) is 31.2 Å². The maximum Gasteiger partial charge on any atom is 0.286 e. The summed E-state index contributed by atoms with van der Waals surface area (Å²) >= 11 is 6.39. The molecule has 2 aromatic carbocycles. The van der Waals surface area contributed by atoms with Crippen molar-refractivity contribution >= 4 is 54.7 Å². The van der Waals surface area contributed by atoms with Crippen LogP contribution in [0.4, 0.5) is 0 Å². The van der Waals surface area contributed by atoms with Gasteiger partial charge in [-0.1, -0.05) is 36.4 Å². The molecular formula is C29H30ClNO10S2. The first kappa shape index (κ1) is 32.7. The number of ketones is 3. The van der Waals surface area contributed by atoms with E-state index >= 15 is 0 Å². The Labute approximate surface area is 254 Å².